The van der Waals surface area contributed by atoms with E-state index in [-0.39, 0.29) is 34.5 Å². The van der Waals surface area contributed by atoms with Crippen LogP contribution in [-0.4, -0.2) is 53.0 Å². The SMILES string of the molecule is CNC(=O)NCCCCCSC1=CC(=O)c2[nH]nc(C(=O)Nc3ccccc3)c2C1=O. The summed E-state index contributed by atoms with van der Waals surface area (Å²) in [5.74, 6) is -0.672. The van der Waals surface area contributed by atoms with Gasteiger partial charge in [0.25, 0.3) is 5.91 Å². The van der Waals surface area contributed by atoms with Crippen LogP contribution in [0.1, 0.15) is 50.6 Å². The molecule has 0 fully saturated rings. The number of rotatable bonds is 9. The lowest BCUT2D eigenvalue weighted by molar-refractivity contribution is 0.0979. The van der Waals surface area contributed by atoms with Crippen LogP contribution in [0.4, 0.5) is 10.5 Å². The standard InChI is InChI=1S/C21H23N5O4S/c1-22-21(30)23-10-6-3-7-11-31-15-12-14(27)17-16(19(15)28)18(26-25-17)20(29)24-13-8-4-2-5-9-13/h2,4-5,8-9,12H,3,6-7,10-11H2,1H3,(H,24,29)(H,25,26)(H2,22,23,30). The van der Waals surface area contributed by atoms with Crippen molar-refractivity contribution in [2.24, 2.45) is 0 Å². The number of H-pyrrole nitrogens is 1. The summed E-state index contributed by atoms with van der Waals surface area (Å²) in [6.07, 6.45) is 3.79. The smallest absolute Gasteiger partial charge is 0.314 e. The van der Waals surface area contributed by atoms with Gasteiger partial charge >= 0.3 is 6.03 Å². The Hall–Kier alpha value is -3.40. The minimum absolute atomic E-state index is 0.0122. The van der Waals surface area contributed by atoms with Gasteiger partial charge in [0.05, 0.1) is 10.5 Å². The van der Waals surface area contributed by atoms with Gasteiger partial charge in [-0.15, -0.1) is 11.8 Å². The van der Waals surface area contributed by atoms with Crippen LogP contribution in [0.3, 0.4) is 0 Å². The highest BCUT2D eigenvalue weighted by atomic mass is 32.2. The Labute approximate surface area is 183 Å². The fraction of sp³-hybridized carbons (Fsp3) is 0.286. The van der Waals surface area contributed by atoms with Crippen molar-refractivity contribution in [1.29, 1.82) is 0 Å². The second kappa shape index (κ2) is 10.6. The summed E-state index contributed by atoms with van der Waals surface area (Å²) in [6, 6.07) is 8.59. The molecule has 2 aromatic rings. The largest absolute Gasteiger partial charge is 0.341 e. The Balaban J connectivity index is 1.57. The van der Waals surface area contributed by atoms with E-state index in [1.165, 1.54) is 17.8 Å². The predicted octanol–water partition coefficient (Wildman–Crippen LogP) is 2.76. The number of fused-ring (bicyclic) bond motifs is 1. The number of unbranched alkanes of at least 4 members (excludes halogenated alkanes) is 2. The highest BCUT2D eigenvalue weighted by Crippen LogP contribution is 2.30. The number of carbonyl (C=O) groups is 4. The van der Waals surface area contributed by atoms with Gasteiger partial charge < -0.3 is 16.0 Å². The molecule has 0 saturated carbocycles. The van der Waals surface area contributed by atoms with E-state index in [0.29, 0.717) is 22.9 Å². The number of amides is 3. The topological polar surface area (TPSA) is 133 Å². The summed E-state index contributed by atoms with van der Waals surface area (Å²) in [7, 11) is 1.56. The lowest BCUT2D eigenvalue weighted by atomic mass is 9.99. The molecule has 1 heterocycles. The molecule has 0 saturated heterocycles. The quantitative estimate of drug-likeness (QED) is 0.442. The lowest BCUT2D eigenvalue weighted by Crippen LogP contribution is -2.33. The molecule has 0 radical (unpaired) electrons. The highest BCUT2D eigenvalue weighted by Gasteiger charge is 2.33. The van der Waals surface area contributed by atoms with Gasteiger partial charge in [0.15, 0.2) is 5.69 Å². The van der Waals surface area contributed by atoms with E-state index in [1.807, 2.05) is 6.07 Å². The fourth-order valence-electron chi connectivity index (χ4n) is 2.98. The van der Waals surface area contributed by atoms with E-state index in [1.54, 1.807) is 31.3 Å². The summed E-state index contributed by atoms with van der Waals surface area (Å²) in [5, 5.41) is 14.3. The molecule has 0 unspecified atom stereocenters. The van der Waals surface area contributed by atoms with Gasteiger partial charge in [-0.3, -0.25) is 19.5 Å². The number of ketones is 2. The first kappa shape index (κ1) is 22.3. The molecule has 1 aromatic carbocycles. The summed E-state index contributed by atoms with van der Waals surface area (Å²) < 4.78 is 0. The Morgan fingerprint density at radius 3 is 2.61 bits per heavy atom. The van der Waals surface area contributed by atoms with E-state index < -0.39 is 5.91 Å². The number of Topliss-reactive ketones (excluding diaryl/α,β-unsaturated/α-hetero) is 1. The number of para-hydroxylation sites is 1. The Kier molecular flexibility index (Phi) is 7.60. The number of carbonyl (C=O) groups excluding carboxylic acids is 4. The molecule has 0 aliphatic heterocycles. The van der Waals surface area contributed by atoms with Crippen LogP contribution in [0.15, 0.2) is 41.3 Å². The number of anilines is 1. The zero-order valence-corrected chi connectivity index (χ0v) is 17.8. The van der Waals surface area contributed by atoms with Gasteiger partial charge in [0.2, 0.25) is 11.6 Å². The number of aromatic amines is 1. The normalized spacial score (nSPS) is 12.7. The van der Waals surface area contributed by atoms with Crippen molar-refractivity contribution in [3.63, 3.8) is 0 Å². The van der Waals surface area contributed by atoms with Crippen molar-refractivity contribution in [2.75, 3.05) is 24.7 Å². The number of allylic oxidation sites excluding steroid dienone is 2. The number of aromatic nitrogens is 2. The van der Waals surface area contributed by atoms with E-state index in [2.05, 4.69) is 26.1 Å². The highest BCUT2D eigenvalue weighted by molar-refractivity contribution is 8.04. The predicted molar refractivity (Wildman–Crippen MR) is 118 cm³/mol. The third kappa shape index (κ3) is 5.60. The molecule has 4 N–H and O–H groups in total. The third-order valence-electron chi connectivity index (χ3n) is 4.56. The number of hydrogen-bond acceptors (Lipinski definition) is 6. The molecule has 31 heavy (non-hydrogen) atoms. The molecule has 0 spiro atoms. The Morgan fingerprint density at radius 2 is 1.87 bits per heavy atom. The van der Waals surface area contributed by atoms with Crippen LogP contribution < -0.4 is 16.0 Å². The van der Waals surface area contributed by atoms with Crippen molar-refractivity contribution in [3.8, 4) is 0 Å². The van der Waals surface area contributed by atoms with Crippen molar-refractivity contribution in [2.45, 2.75) is 19.3 Å². The average molecular weight is 442 g/mol. The summed E-state index contributed by atoms with van der Waals surface area (Å²) in [4.78, 5) is 49.4. The molecule has 9 nitrogen and oxygen atoms in total. The summed E-state index contributed by atoms with van der Waals surface area (Å²) in [6.45, 7) is 0.572. The van der Waals surface area contributed by atoms with E-state index in [0.717, 1.165) is 19.3 Å². The molecule has 10 heteroatoms. The number of benzene rings is 1. The molecule has 1 aromatic heterocycles. The minimum Gasteiger partial charge on any atom is -0.341 e. The Bertz CT molecular complexity index is 1020. The van der Waals surface area contributed by atoms with Gasteiger partial charge in [-0.1, -0.05) is 24.6 Å². The zero-order valence-electron chi connectivity index (χ0n) is 17.0. The van der Waals surface area contributed by atoms with E-state index in [9.17, 15) is 19.2 Å². The fourth-order valence-corrected chi connectivity index (χ4v) is 3.97. The maximum Gasteiger partial charge on any atom is 0.314 e. The first-order valence-electron chi connectivity index (χ1n) is 9.85. The number of thioether (sulfide) groups is 1. The van der Waals surface area contributed by atoms with Crippen molar-refractivity contribution in [3.05, 3.63) is 58.3 Å². The van der Waals surface area contributed by atoms with Crippen LogP contribution in [0.2, 0.25) is 0 Å². The number of urea groups is 1. The maximum absolute atomic E-state index is 12.9. The minimum atomic E-state index is -0.556. The molecule has 0 atom stereocenters. The molecule has 3 rings (SSSR count). The Morgan fingerprint density at radius 1 is 1.10 bits per heavy atom. The van der Waals surface area contributed by atoms with Gasteiger partial charge in [0.1, 0.15) is 5.69 Å². The molecule has 1 aliphatic carbocycles. The first-order chi connectivity index (χ1) is 15.0. The van der Waals surface area contributed by atoms with E-state index >= 15 is 0 Å². The number of nitrogens with one attached hydrogen (secondary N) is 4. The van der Waals surface area contributed by atoms with Crippen LogP contribution in [-0.2, 0) is 0 Å². The molecular weight excluding hydrogens is 418 g/mol. The molecule has 162 valence electrons. The third-order valence-corrected chi connectivity index (χ3v) is 5.67. The van der Waals surface area contributed by atoms with Crippen LogP contribution >= 0.6 is 11.8 Å². The monoisotopic (exact) mass is 441 g/mol. The van der Waals surface area contributed by atoms with Crippen molar-refractivity contribution in [1.82, 2.24) is 20.8 Å². The summed E-state index contributed by atoms with van der Waals surface area (Å²) >= 11 is 1.29. The number of hydrogen-bond donors (Lipinski definition) is 4. The van der Waals surface area contributed by atoms with Gasteiger partial charge in [-0.2, -0.15) is 5.10 Å². The molecule has 1 aliphatic rings. The first-order valence-corrected chi connectivity index (χ1v) is 10.8. The zero-order chi connectivity index (χ0) is 22.2. The van der Waals surface area contributed by atoms with Crippen LogP contribution in [0.25, 0.3) is 0 Å². The van der Waals surface area contributed by atoms with Gasteiger partial charge in [0, 0.05) is 25.4 Å². The maximum atomic E-state index is 12.9. The van der Waals surface area contributed by atoms with E-state index in [4.69, 9.17) is 0 Å². The lowest BCUT2D eigenvalue weighted by Gasteiger charge is -2.12. The second-order valence-corrected chi connectivity index (χ2v) is 7.90. The number of nitrogens with zero attached hydrogens (tertiary/aromatic N) is 1. The van der Waals surface area contributed by atoms with Crippen molar-refractivity contribution >= 4 is 41.0 Å². The molecule has 0 bridgehead atoms. The van der Waals surface area contributed by atoms with Crippen LogP contribution in [0, 0.1) is 0 Å². The van der Waals surface area contributed by atoms with Crippen molar-refractivity contribution < 1.29 is 19.2 Å². The molecular formula is C21H23N5O4S. The van der Waals surface area contributed by atoms with Gasteiger partial charge in [-0.25, -0.2) is 4.79 Å². The summed E-state index contributed by atoms with van der Waals surface area (Å²) in [5.41, 5.74) is 0.518. The average Bonchev–Trinajstić information content (AvgIpc) is 3.23. The van der Waals surface area contributed by atoms with Gasteiger partial charge in [-0.05, 0) is 30.7 Å². The molecule has 3 amide bonds. The second-order valence-electron chi connectivity index (χ2n) is 6.76. The van der Waals surface area contributed by atoms with Crippen LogP contribution in [0.5, 0.6) is 0 Å².